The van der Waals surface area contributed by atoms with E-state index in [2.05, 4.69) is 47.7 Å². The van der Waals surface area contributed by atoms with E-state index in [4.69, 9.17) is 9.47 Å². The van der Waals surface area contributed by atoms with Crippen molar-refractivity contribution in [1.82, 2.24) is 10.6 Å². The van der Waals surface area contributed by atoms with Crippen molar-refractivity contribution in [3.8, 4) is 5.75 Å². The molecule has 146 valence electrons. The van der Waals surface area contributed by atoms with Crippen LogP contribution in [-0.2, 0) is 24.4 Å². The Morgan fingerprint density at radius 2 is 1.85 bits per heavy atom. The summed E-state index contributed by atoms with van der Waals surface area (Å²) >= 11 is 0. The van der Waals surface area contributed by atoms with E-state index in [-0.39, 0.29) is 36.6 Å². The molecular formula is C20H25FIN3O2. The first-order valence-corrected chi connectivity index (χ1v) is 8.59. The number of guanidine groups is 1. The first kappa shape index (κ1) is 21.4. The second-order valence-electron chi connectivity index (χ2n) is 6.37. The van der Waals surface area contributed by atoms with E-state index in [0.717, 1.165) is 11.1 Å². The molecule has 0 saturated carbocycles. The van der Waals surface area contributed by atoms with E-state index in [1.165, 1.54) is 28.8 Å². The van der Waals surface area contributed by atoms with Gasteiger partial charge in [-0.1, -0.05) is 23.8 Å². The Morgan fingerprint density at radius 3 is 2.56 bits per heavy atom. The molecule has 0 bridgehead atoms. The molecule has 3 rings (SSSR count). The van der Waals surface area contributed by atoms with Gasteiger partial charge in [0.1, 0.15) is 11.6 Å². The van der Waals surface area contributed by atoms with Crippen LogP contribution in [0.4, 0.5) is 4.39 Å². The summed E-state index contributed by atoms with van der Waals surface area (Å²) in [5.74, 6) is 1.04. The summed E-state index contributed by atoms with van der Waals surface area (Å²) in [5.41, 5.74) is 5.17. The molecule has 1 aliphatic rings. The first-order valence-electron chi connectivity index (χ1n) is 8.59. The zero-order valence-corrected chi connectivity index (χ0v) is 18.1. The van der Waals surface area contributed by atoms with Crippen LogP contribution >= 0.6 is 24.0 Å². The summed E-state index contributed by atoms with van der Waals surface area (Å²) in [6, 6.07) is 9.30. The number of nitrogens with one attached hydrogen (secondary N) is 2. The number of rotatable bonds is 4. The Kier molecular flexibility index (Phi) is 7.85. The van der Waals surface area contributed by atoms with E-state index in [0.29, 0.717) is 31.4 Å². The Balaban J connectivity index is 0.00000261. The van der Waals surface area contributed by atoms with Crippen molar-refractivity contribution in [2.75, 3.05) is 13.8 Å². The van der Waals surface area contributed by atoms with Crippen LogP contribution in [0.25, 0.3) is 0 Å². The fourth-order valence-corrected chi connectivity index (χ4v) is 3.01. The molecule has 1 heterocycles. The van der Waals surface area contributed by atoms with Crippen LogP contribution in [0.15, 0.2) is 35.3 Å². The summed E-state index contributed by atoms with van der Waals surface area (Å²) in [6.45, 7) is 5.80. The first-order chi connectivity index (χ1) is 12.6. The zero-order valence-electron chi connectivity index (χ0n) is 15.8. The van der Waals surface area contributed by atoms with Crippen LogP contribution in [0.1, 0.15) is 27.8 Å². The number of aryl methyl sites for hydroxylation is 2. The molecule has 0 amide bonds. The lowest BCUT2D eigenvalue weighted by Crippen LogP contribution is -2.36. The number of ether oxygens (including phenoxy) is 2. The fourth-order valence-electron chi connectivity index (χ4n) is 3.01. The van der Waals surface area contributed by atoms with E-state index >= 15 is 0 Å². The lowest BCUT2D eigenvalue weighted by Gasteiger charge is -2.21. The van der Waals surface area contributed by atoms with Gasteiger partial charge in [0, 0.05) is 31.3 Å². The highest BCUT2D eigenvalue weighted by Crippen LogP contribution is 2.29. The Hall–Kier alpha value is -1.87. The smallest absolute Gasteiger partial charge is 0.191 e. The summed E-state index contributed by atoms with van der Waals surface area (Å²) in [4.78, 5) is 4.24. The molecule has 2 aromatic carbocycles. The van der Waals surface area contributed by atoms with Gasteiger partial charge in [0.2, 0.25) is 0 Å². The highest BCUT2D eigenvalue weighted by Gasteiger charge is 2.17. The molecule has 27 heavy (non-hydrogen) atoms. The quantitative estimate of drug-likeness (QED) is 0.393. The maximum Gasteiger partial charge on any atom is 0.191 e. The normalized spacial score (nSPS) is 13.3. The minimum absolute atomic E-state index is 0. The summed E-state index contributed by atoms with van der Waals surface area (Å²) in [6.07, 6.45) is 0. The molecule has 1 aliphatic heterocycles. The van der Waals surface area contributed by atoms with Crippen LogP contribution < -0.4 is 15.4 Å². The minimum Gasteiger partial charge on any atom is -0.467 e. The molecule has 0 aromatic heterocycles. The van der Waals surface area contributed by atoms with Gasteiger partial charge < -0.3 is 20.1 Å². The van der Waals surface area contributed by atoms with E-state index in [1.807, 2.05) is 0 Å². The van der Waals surface area contributed by atoms with Crippen molar-refractivity contribution in [2.45, 2.75) is 33.5 Å². The van der Waals surface area contributed by atoms with Crippen molar-refractivity contribution >= 4 is 29.9 Å². The molecule has 0 radical (unpaired) electrons. The van der Waals surface area contributed by atoms with E-state index in [1.54, 1.807) is 7.05 Å². The molecule has 0 unspecified atom stereocenters. The lowest BCUT2D eigenvalue weighted by atomic mass is 10.1. The average Bonchev–Trinajstić information content (AvgIpc) is 2.63. The third-order valence-electron chi connectivity index (χ3n) is 4.37. The van der Waals surface area contributed by atoms with Gasteiger partial charge in [-0.25, -0.2) is 4.39 Å². The standard InChI is InChI=1S/C20H24FN3O2.HI/c1-13-4-5-15(14(2)6-13)9-23-20(22-3)24-10-16-7-18(21)8-17-11-25-12-26-19(16)17;/h4-8H,9-12H2,1-3H3,(H2,22,23,24);1H. The van der Waals surface area contributed by atoms with Gasteiger partial charge in [-0.15, -0.1) is 24.0 Å². The summed E-state index contributed by atoms with van der Waals surface area (Å²) in [5, 5.41) is 6.51. The number of hydrogen-bond acceptors (Lipinski definition) is 3. The maximum atomic E-state index is 13.8. The Bertz CT molecular complexity index is 827. The highest BCUT2D eigenvalue weighted by molar-refractivity contribution is 14.0. The number of hydrogen-bond donors (Lipinski definition) is 2. The van der Waals surface area contributed by atoms with Crippen molar-refractivity contribution in [2.24, 2.45) is 4.99 Å². The van der Waals surface area contributed by atoms with Crippen molar-refractivity contribution in [1.29, 1.82) is 0 Å². The molecular weight excluding hydrogens is 460 g/mol. The van der Waals surface area contributed by atoms with E-state index < -0.39 is 0 Å². The second-order valence-corrected chi connectivity index (χ2v) is 6.37. The second kappa shape index (κ2) is 9.89. The van der Waals surface area contributed by atoms with Crippen molar-refractivity contribution in [3.05, 3.63) is 64.0 Å². The number of aliphatic imine (C=N–C) groups is 1. The van der Waals surface area contributed by atoms with E-state index in [9.17, 15) is 4.39 Å². The molecule has 2 N–H and O–H groups in total. The fraction of sp³-hybridized carbons (Fsp3) is 0.350. The predicted octanol–water partition coefficient (Wildman–Crippen LogP) is 3.79. The van der Waals surface area contributed by atoms with Crippen molar-refractivity contribution in [3.63, 3.8) is 0 Å². The van der Waals surface area contributed by atoms with Gasteiger partial charge >= 0.3 is 0 Å². The van der Waals surface area contributed by atoms with Gasteiger partial charge in [-0.3, -0.25) is 4.99 Å². The average molecular weight is 485 g/mol. The van der Waals surface area contributed by atoms with Gasteiger partial charge in [0.25, 0.3) is 0 Å². The molecule has 0 spiro atoms. The number of benzene rings is 2. The zero-order chi connectivity index (χ0) is 18.5. The molecule has 5 nitrogen and oxygen atoms in total. The number of halogens is 2. The topological polar surface area (TPSA) is 54.9 Å². The van der Waals surface area contributed by atoms with Crippen LogP contribution in [0.3, 0.4) is 0 Å². The minimum atomic E-state index is -0.298. The summed E-state index contributed by atoms with van der Waals surface area (Å²) < 4.78 is 24.6. The number of nitrogens with zero attached hydrogens (tertiary/aromatic N) is 1. The third-order valence-corrected chi connectivity index (χ3v) is 4.37. The van der Waals surface area contributed by atoms with Gasteiger partial charge in [-0.2, -0.15) is 0 Å². The number of fused-ring (bicyclic) bond motifs is 1. The van der Waals surface area contributed by atoms with Crippen LogP contribution in [0.5, 0.6) is 5.75 Å². The van der Waals surface area contributed by atoms with Crippen LogP contribution in [0, 0.1) is 19.7 Å². The third kappa shape index (κ3) is 5.55. The van der Waals surface area contributed by atoms with Gasteiger partial charge in [0.05, 0.1) is 6.61 Å². The molecule has 0 aliphatic carbocycles. The monoisotopic (exact) mass is 485 g/mol. The summed E-state index contributed by atoms with van der Waals surface area (Å²) in [7, 11) is 1.71. The molecule has 2 aromatic rings. The van der Waals surface area contributed by atoms with Crippen LogP contribution in [-0.4, -0.2) is 19.8 Å². The highest BCUT2D eigenvalue weighted by atomic mass is 127. The van der Waals surface area contributed by atoms with Gasteiger partial charge in [-0.05, 0) is 37.1 Å². The maximum absolute atomic E-state index is 13.8. The molecule has 0 atom stereocenters. The Labute approximate surface area is 176 Å². The largest absolute Gasteiger partial charge is 0.467 e. The molecule has 7 heteroatoms. The van der Waals surface area contributed by atoms with Gasteiger partial charge in [0.15, 0.2) is 12.8 Å². The SMILES string of the molecule is CN=C(NCc1ccc(C)cc1C)NCc1cc(F)cc2c1OCOC2.I. The lowest BCUT2D eigenvalue weighted by molar-refractivity contribution is -0.0172. The molecule has 0 saturated heterocycles. The van der Waals surface area contributed by atoms with Crippen molar-refractivity contribution < 1.29 is 13.9 Å². The van der Waals surface area contributed by atoms with Crippen LogP contribution in [0.2, 0.25) is 0 Å². The predicted molar refractivity (Wildman–Crippen MR) is 115 cm³/mol. The Morgan fingerprint density at radius 1 is 1.11 bits per heavy atom. The molecule has 0 fully saturated rings.